The van der Waals surface area contributed by atoms with Gasteiger partial charge in [0.2, 0.25) is 0 Å². The van der Waals surface area contributed by atoms with Crippen molar-refractivity contribution in [2.45, 2.75) is 31.7 Å². The van der Waals surface area contributed by atoms with Gasteiger partial charge in [0.15, 0.2) is 5.82 Å². The van der Waals surface area contributed by atoms with Crippen LogP contribution in [0.3, 0.4) is 0 Å². The number of benzene rings is 1. The van der Waals surface area contributed by atoms with E-state index in [0.29, 0.717) is 16.7 Å². The van der Waals surface area contributed by atoms with E-state index < -0.39 is 5.54 Å². The van der Waals surface area contributed by atoms with Crippen LogP contribution >= 0.6 is 11.6 Å². The topological polar surface area (TPSA) is 64.9 Å². The van der Waals surface area contributed by atoms with Crippen molar-refractivity contribution in [1.82, 2.24) is 10.1 Å². The summed E-state index contributed by atoms with van der Waals surface area (Å²) in [5.41, 5.74) is 7.72. The molecule has 1 aromatic heterocycles. The molecule has 1 saturated carbocycles. The Bertz CT molecular complexity index is 659. The van der Waals surface area contributed by atoms with E-state index in [9.17, 15) is 0 Å². The number of aromatic nitrogens is 2. The number of nitrogens with zero attached hydrogens (tertiary/aromatic N) is 2. The zero-order chi connectivity index (χ0) is 14.2. The van der Waals surface area contributed by atoms with Gasteiger partial charge in [0, 0.05) is 11.1 Å². The average Bonchev–Trinajstić information content (AvgIpc) is 2.85. The first kappa shape index (κ1) is 13.3. The lowest BCUT2D eigenvalue weighted by molar-refractivity contribution is 0.229. The number of hydrogen-bond donors (Lipinski definition) is 1. The Labute approximate surface area is 122 Å². The fourth-order valence-corrected chi connectivity index (χ4v) is 2.61. The molecule has 1 aliphatic rings. The molecule has 1 aliphatic carbocycles. The molecule has 0 amide bonds. The third-order valence-corrected chi connectivity index (χ3v) is 4.10. The monoisotopic (exact) mass is 289 g/mol. The van der Waals surface area contributed by atoms with Crippen molar-refractivity contribution in [3.8, 4) is 0 Å². The molecule has 4 nitrogen and oxygen atoms in total. The second-order valence-corrected chi connectivity index (χ2v) is 5.68. The summed E-state index contributed by atoms with van der Waals surface area (Å²) in [6.45, 7) is 1.96. The van der Waals surface area contributed by atoms with Crippen molar-refractivity contribution in [3.63, 3.8) is 0 Å². The molecule has 5 heteroatoms. The van der Waals surface area contributed by atoms with Gasteiger partial charge in [-0.25, -0.2) is 0 Å². The van der Waals surface area contributed by atoms with Gasteiger partial charge in [-0.05, 0) is 43.4 Å². The number of nitrogens with two attached hydrogens (primary N) is 1. The minimum Gasteiger partial charge on any atom is -0.335 e. The molecule has 104 valence electrons. The summed E-state index contributed by atoms with van der Waals surface area (Å²) in [7, 11) is 0. The van der Waals surface area contributed by atoms with Crippen LogP contribution in [0.2, 0.25) is 5.02 Å². The molecular weight excluding hydrogens is 274 g/mol. The molecule has 0 radical (unpaired) electrons. The second-order valence-electron chi connectivity index (χ2n) is 5.27. The van der Waals surface area contributed by atoms with Crippen molar-refractivity contribution >= 4 is 23.3 Å². The number of allylic oxidation sites excluding steroid dienone is 1. The van der Waals surface area contributed by atoms with Gasteiger partial charge in [0.05, 0.1) is 5.54 Å². The summed E-state index contributed by atoms with van der Waals surface area (Å²) < 4.78 is 5.26. The molecule has 1 fully saturated rings. The Balaban J connectivity index is 1.87. The molecule has 2 aromatic rings. The van der Waals surface area contributed by atoms with E-state index in [1.807, 2.05) is 37.3 Å². The largest absolute Gasteiger partial charge is 0.335 e. The molecule has 1 aromatic carbocycles. The molecule has 0 spiro atoms. The van der Waals surface area contributed by atoms with Crippen molar-refractivity contribution in [1.29, 1.82) is 0 Å². The van der Waals surface area contributed by atoms with Crippen molar-refractivity contribution in [3.05, 3.63) is 46.6 Å². The van der Waals surface area contributed by atoms with Crippen LogP contribution < -0.4 is 5.73 Å². The molecule has 0 bridgehead atoms. The summed E-state index contributed by atoms with van der Waals surface area (Å²) in [4.78, 5) is 4.38. The minimum atomic E-state index is -0.395. The van der Waals surface area contributed by atoms with E-state index in [2.05, 4.69) is 10.1 Å². The highest BCUT2D eigenvalue weighted by Gasteiger charge is 2.38. The van der Waals surface area contributed by atoms with E-state index in [1.165, 1.54) is 0 Å². The molecule has 3 rings (SSSR count). The summed E-state index contributed by atoms with van der Waals surface area (Å²) in [6.07, 6.45) is 4.78. The highest BCUT2D eigenvalue weighted by atomic mass is 35.5. The third-order valence-electron chi connectivity index (χ3n) is 3.77. The van der Waals surface area contributed by atoms with Gasteiger partial charge in [-0.15, -0.1) is 0 Å². The highest BCUT2D eigenvalue weighted by molar-refractivity contribution is 6.32. The lowest BCUT2D eigenvalue weighted by Gasteiger charge is -2.34. The molecule has 0 atom stereocenters. The van der Waals surface area contributed by atoms with Gasteiger partial charge in [-0.2, -0.15) is 4.98 Å². The highest BCUT2D eigenvalue weighted by Crippen LogP contribution is 2.37. The fourth-order valence-electron chi connectivity index (χ4n) is 2.32. The van der Waals surface area contributed by atoms with Crippen LogP contribution in [-0.2, 0) is 5.54 Å². The first-order chi connectivity index (χ1) is 9.58. The Morgan fingerprint density at radius 3 is 2.80 bits per heavy atom. The van der Waals surface area contributed by atoms with Crippen LogP contribution in [-0.4, -0.2) is 10.1 Å². The average molecular weight is 290 g/mol. The maximum absolute atomic E-state index is 6.18. The molecule has 0 saturated heterocycles. The van der Waals surface area contributed by atoms with Gasteiger partial charge < -0.3 is 10.3 Å². The Morgan fingerprint density at radius 1 is 1.40 bits per heavy atom. The van der Waals surface area contributed by atoms with E-state index in [-0.39, 0.29) is 0 Å². The number of halogens is 1. The molecule has 1 heterocycles. The zero-order valence-corrected chi connectivity index (χ0v) is 12.0. The predicted molar refractivity (Wildman–Crippen MR) is 79.0 cm³/mol. The summed E-state index contributed by atoms with van der Waals surface area (Å²) >= 11 is 6.17. The van der Waals surface area contributed by atoms with E-state index in [1.54, 1.807) is 0 Å². The van der Waals surface area contributed by atoms with Crippen LogP contribution in [0.15, 0.2) is 28.8 Å². The molecule has 0 aliphatic heterocycles. The molecule has 2 N–H and O–H groups in total. The zero-order valence-electron chi connectivity index (χ0n) is 11.3. The second kappa shape index (κ2) is 5.04. The molecular formula is C15H16ClN3O. The number of hydrogen-bond acceptors (Lipinski definition) is 4. The number of rotatable bonds is 3. The van der Waals surface area contributed by atoms with Crippen LogP contribution in [0.1, 0.15) is 43.5 Å². The van der Waals surface area contributed by atoms with Gasteiger partial charge in [-0.1, -0.05) is 35.0 Å². The maximum Gasteiger partial charge on any atom is 0.250 e. The van der Waals surface area contributed by atoms with E-state index in [4.69, 9.17) is 21.9 Å². The van der Waals surface area contributed by atoms with Gasteiger partial charge in [0.25, 0.3) is 5.89 Å². The smallest absolute Gasteiger partial charge is 0.250 e. The van der Waals surface area contributed by atoms with E-state index >= 15 is 0 Å². The van der Waals surface area contributed by atoms with E-state index in [0.717, 1.165) is 30.4 Å². The first-order valence-corrected chi connectivity index (χ1v) is 7.02. The van der Waals surface area contributed by atoms with Crippen LogP contribution in [0.5, 0.6) is 0 Å². The first-order valence-electron chi connectivity index (χ1n) is 6.65. The summed E-state index contributed by atoms with van der Waals surface area (Å²) in [6, 6.07) is 7.66. The maximum atomic E-state index is 6.18. The predicted octanol–water partition coefficient (Wildman–Crippen LogP) is 3.62. The standard InChI is InChI=1S/C15H16ClN3O/c1-10(11-5-2-3-6-12(11)16)9-13-18-14(19-20-13)15(17)7-4-8-15/h2-3,5-6,9H,4,7-8,17H2,1H3/b10-9-. The SMILES string of the molecule is C/C(=C/c1nc(C2(N)CCC2)no1)c1ccccc1Cl. The van der Waals surface area contributed by atoms with Crippen LogP contribution in [0.4, 0.5) is 0 Å². The van der Waals surface area contributed by atoms with Crippen LogP contribution in [0.25, 0.3) is 11.6 Å². The van der Waals surface area contributed by atoms with Crippen LogP contribution in [0, 0.1) is 0 Å². The minimum absolute atomic E-state index is 0.395. The van der Waals surface area contributed by atoms with Gasteiger partial charge in [0.1, 0.15) is 0 Å². The Kier molecular flexibility index (Phi) is 3.36. The Hall–Kier alpha value is -1.65. The van der Waals surface area contributed by atoms with Gasteiger partial charge in [-0.3, -0.25) is 0 Å². The lowest BCUT2D eigenvalue weighted by Crippen LogP contribution is -2.44. The van der Waals surface area contributed by atoms with Crippen molar-refractivity contribution in [2.24, 2.45) is 5.73 Å². The third kappa shape index (κ3) is 2.37. The normalized spacial score (nSPS) is 17.9. The molecule has 0 unspecified atom stereocenters. The van der Waals surface area contributed by atoms with Crippen molar-refractivity contribution < 1.29 is 4.52 Å². The molecule has 20 heavy (non-hydrogen) atoms. The van der Waals surface area contributed by atoms with Crippen molar-refractivity contribution in [2.75, 3.05) is 0 Å². The summed E-state index contributed by atoms with van der Waals surface area (Å²) in [5, 5.41) is 4.69. The fraction of sp³-hybridized carbons (Fsp3) is 0.333. The van der Waals surface area contributed by atoms with Gasteiger partial charge >= 0.3 is 0 Å². The quantitative estimate of drug-likeness (QED) is 0.937. The summed E-state index contributed by atoms with van der Waals surface area (Å²) in [5.74, 6) is 1.07. The lowest BCUT2D eigenvalue weighted by atomic mass is 9.77. The Morgan fingerprint density at radius 2 is 2.15 bits per heavy atom.